The molecule has 0 atom stereocenters. The Morgan fingerprint density at radius 1 is 1.29 bits per heavy atom. The molecule has 2 rings (SSSR count). The van der Waals surface area contributed by atoms with Crippen LogP contribution in [0.15, 0.2) is 35.8 Å². The van der Waals surface area contributed by atoms with Gasteiger partial charge in [0.15, 0.2) is 5.13 Å². The van der Waals surface area contributed by atoms with Gasteiger partial charge in [-0.05, 0) is 24.6 Å². The quantitative estimate of drug-likeness (QED) is 0.719. The van der Waals surface area contributed by atoms with Crippen LogP contribution in [0.3, 0.4) is 0 Å². The standard InChI is InChI=1S/C16H21N3OS/c1-2-3-4-5-9-17-15(20)13-7-6-8-14(12-13)19-16-18-10-11-21-16/h6-8,10-12H,2-5,9H2,1H3,(H,17,20)(H,18,19). The van der Waals surface area contributed by atoms with Crippen LogP contribution in [0.5, 0.6) is 0 Å². The number of nitrogens with zero attached hydrogens (tertiary/aromatic N) is 1. The van der Waals surface area contributed by atoms with E-state index in [0.29, 0.717) is 5.56 Å². The summed E-state index contributed by atoms with van der Waals surface area (Å²) in [6.45, 7) is 2.92. The highest BCUT2D eigenvalue weighted by Gasteiger charge is 2.06. The zero-order valence-electron chi connectivity index (χ0n) is 12.3. The molecule has 5 heteroatoms. The van der Waals surface area contributed by atoms with Crippen LogP contribution in [0.1, 0.15) is 43.0 Å². The molecule has 0 aliphatic carbocycles. The van der Waals surface area contributed by atoms with Crippen molar-refractivity contribution in [2.24, 2.45) is 0 Å². The third-order valence-corrected chi connectivity index (χ3v) is 3.81. The fourth-order valence-corrected chi connectivity index (χ4v) is 2.55. The summed E-state index contributed by atoms with van der Waals surface area (Å²) in [6.07, 6.45) is 6.39. The van der Waals surface area contributed by atoms with Crippen molar-refractivity contribution in [1.29, 1.82) is 0 Å². The number of hydrogen-bond donors (Lipinski definition) is 2. The molecule has 0 fully saturated rings. The topological polar surface area (TPSA) is 54.0 Å². The van der Waals surface area contributed by atoms with Gasteiger partial charge in [0.1, 0.15) is 0 Å². The molecule has 21 heavy (non-hydrogen) atoms. The molecule has 1 aromatic heterocycles. The van der Waals surface area contributed by atoms with Gasteiger partial charge in [0.2, 0.25) is 0 Å². The van der Waals surface area contributed by atoms with E-state index in [1.54, 1.807) is 6.20 Å². The monoisotopic (exact) mass is 303 g/mol. The third-order valence-electron chi connectivity index (χ3n) is 3.12. The van der Waals surface area contributed by atoms with Gasteiger partial charge in [-0.3, -0.25) is 4.79 Å². The lowest BCUT2D eigenvalue weighted by Gasteiger charge is -2.07. The molecular weight excluding hydrogens is 282 g/mol. The van der Waals surface area contributed by atoms with Gasteiger partial charge in [0.25, 0.3) is 5.91 Å². The first kappa shape index (κ1) is 15.5. The molecule has 0 radical (unpaired) electrons. The summed E-state index contributed by atoms with van der Waals surface area (Å²) in [5.41, 5.74) is 1.55. The number of thiazole rings is 1. The lowest BCUT2D eigenvalue weighted by Crippen LogP contribution is -2.24. The van der Waals surface area contributed by atoms with Gasteiger partial charge >= 0.3 is 0 Å². The normalized spacial score (nSPS) is 10.3. The minimum Gasteiger partial charge on any atom is -0.352 e. The Labute approximate surface area is 129 Å². The molecule has 0 saturated heterocycles. The van der Waals surface area contributed by atoms with Crippen LogP contribution in [0.25, 0.3) is 0 Å². The van der Waals surface area contributed by atoms with Crippen LogP contribution in [0, 0.1) is 0 Å². The predicted molar refractivity (Wildman–Crippen MR) is 88.3 cm³/mol. The molecule has 0 aliphatic rings. The smallest absolute Gasteiger partial charge is 0.251 e. The average molecular weight is 303 g/mol. The number of anilines is 2. The molecule has 0 spiro atoms. The third kappa shape index (κ3) is 5.19. The molecular formula is C16H21N3OS. The number of aromatic nitrogens is 1. The van der Waals surface area contributed by atoms with E-state index in [9.17, 15) is 4.79 Å². The van der Waals surface area contributed by atoms with Crippen LogP contribution in [-0.2, 0) is 0 Å². The van der Waals surface area contributed by atoms with Crippen LogP contribution in [0.2, 0.25) is 0 Å². The maximum absolute atomic E-state index is 12.1. The van der Waals surface area contributed by atoms with Gasteiger partial charge in [-0.15, -0.1) is 11.3 Å². The van der Waals surface area contributed by atoms with E-state index in [2.05, 4.69) is 22.5 Å². The zero-order chi connectivity index (χ0) is 14.9. The van der Waals surface area contributed by atoms with Gasteiger partial charge < -0.3 is 10.6 Å². The van der Waals surface area contributed by atoms with Crippen molar-refractivity contribution in [2.45, 2.75) is 32.6 Å². The molecule has 0 aliphatic heterocycles. The number of unbranched alkanes of at least 4 members (excludes halogenated alkanes) is 3. The van der Waals surface area contributed by atoms with E-state index in [1.165, 1.54) is 30.6 Å². The summed E-state index contributed by atoms with van der Waals surface area (Å²) in [5, 5.41) is 8.89. The molecule has 112 valence electrons. The Morgan fingerprint density at radius 2 is 2.19 bits per heavy atom. The highest BCUT2D eigenvalue weighted by molar-refractivity contribution is 7.13. The van der Waals surface area contributed by atoms with Crippen molar-refractivity contribution >= 4 is 28.1 Å². The van der Waals surface area contributed by atoms with Gasteiger partial charge in [-0.1, -0.05) is 32.3 Å². The first-order chi connectivity index (χ1) is 10.3. The van der Waals surface area contributed by atoms with Crippen LogP contribution in [0.4, 0.5) is 10.8 Å². The summed E-state index contributed by atoms with van der Waals surface area (Å²) < 4.78 is 0. The Kier molecular flexibility index (Phi) is 6.22. The fraction of sp³-hybridized carbons (Fsp3) is 0.375. The Morgan fingerprint density at radius 3 is 2.95 bits per heavy atom. The second kappa shape index (κ2) is 8.42. The molecule has 2 N–H and O–H groups in total. The van der Waals surface area contributed by atoms with E-state index < -0.39 is 0 Å². The first-order valence-corrected chi connectivity index (χ1v) is 8.22. The zero-order valence-corrected chi connectivity index (χ0v) is 13.1. The number of hydrogen-bond acceptors (Lipinski definition) is 4. The molecule has 2 aromatic rings. The lowest BCUT2D eigenvalue weighted by molar-refractivity contribution is 0.0953. The molecule has 1 aromatic carbocycles. The molecule has 0 bridgehead atoms. The highest BCUT2D eigenvalue weighted by atomic mass is 32.1. The molecule has 4 nitrogen and oxygen atoms in total. The van der Waals surface area contributed by atoms with E-state index in [0.717, 1.165) is 23.8 Å². The molecule has 1 heterocycles. The Hall–Kier alpha value is -1.88. The Bertz CT molecular complexity index is 554. The van der Waals surface area contributed by atoms with E-state index >= 15 is 0 Å². The lowest BCUT2D eigenvalue weighted by atomic mass is 10.1. The maximum atomic E-state index is 12.1. The summed E-state index contributed by atoms with van der Waals surface area (Å²) >= 11 is 1.53. The van der Waals surface area contributed by atoms with Crippen molar-refractivity contribution in [2.75, 3.05) is 11.9 Å². The number of carbonyl (C=O) groups is 1. The minimum absolute atomic E-state index is 0.0192. The van der Waals surface area contributed by atoms with Crippen molar-refractivity contribution in [3.63, 3.8) is 0 Å². The van der Waals surface area contributed by atoms with Crippen molar-refractivity contribution in [1.82, 2.24) is 10.3 Å². The van der Waals surface area contributed by atoms with Gasteiger partial charge in [-0.2, -0.15) is 0 Å². The second-order valence-corrected chi connectivity index (χ2v) is 5.75. The fourth-order valence-electron chi connectivity index (χ4n) is 2.00. The largest absolute Gasteiger partial charge is 0.352 e. The molecule has 0 saturated carbocycles. The number of nitrogens with one attached hydrogen (secondary N) is 2. The van der Waals surface area contributed by atoms with Gasteiger partial charge in [0, 0.05) is 29.4 Å². The van der Waals surface area contributed by atoms with Crippen molar-refractivity contribution < 1.29 is 4.79 Å². The van der Waals surface area contributed by atoms with Gasteiger partial charge in [-0.25, -0.2) is 4.98 Å². The SMILES string of the molecule is CCCCCCNC(=O)c1cccc(Nc2nccs2)c1. The number of carbonyl (C=O) groups excluding carboxylic acids is 1. The predicted octanol–water partition coefficient (Wildman–Crippen LogP) is 4.20. The number of amides is 1. The van der Waals surface area contributed by atoms with Crippen LogP contribution in [-0.4, -0.2) is 17.4 Å². The van der Waals surface area contributed by atoms with Crippen molar-refractivity contribution in [3.8, 4) is 0 Å². The number of benzene rings is 1. The summed E-state index contributed by atoms with van der Waals surface area (Å²) in [5.74, 6) is -0.0192. The van der Waals surface area contributed by atoms with E-state index in [1.807, 2.05) is 29.6 Å². The first-order valence-electron chi connectivity index (χ1n) is 7.34. The van der Waals surface area contributed by atoms with E-state index in [4.69, 9.17) is 0 Å². The summed E-state index contributed by atoms with van der Waals surface area (Å²) in [4.78, 5) is 16.3. The van der Waals surface area contributed by atoms with Gasteiger partial charge in [0.05, 0.1) is 0 Å². The number of rotatable bonds is 8. The Balaban J connectivity index is 1.86. The summed E-state index contributed by atoms with van der Waals surface area (Å²) in [7, 11) is 0. The van der Waals surface area contributed by atoms with Crippen LogP contribution < -0.4 is 10.6 Å². The van der Waals surface area contributed by atoms with E-state index in [-0.39, 0.29) is 5.91 Å². The maximum Gasteiger partial charge on any atom is 0.251 e. The summed E-state index contributed by atoms with van der Waals surface area (Å²) in [6, 6.07) is 7.48. The highest BCUT2D eigenvalue weighted by Crippen LogP contribution is 2.19. The molecule has 1 amide bonds. The minimum atomic E-state index is -0.0192. The van der Waals surface area contributed by atoms with Crippen LogP contribution >= 0.6 is 11.3 Å². The average Bonchev–Trinajstić information content (AvgIpc) is 3.00. The van der Waals surface area contributed by atoms with Crippen molar-refractivity contribution in [3.05, 3.63) is 41.4 Å². The molecule has 0 unspecified atom stereocenters. The second-order valence-electron chi connectivity index (χ2n) is 4.86.